The van der Waals surface area contributed by atoms with Crippen LogP contribution in [0.3, 0.4) is 0 Å². The lowest BCUT2D eigenvalue weighted by Gasteiger charge is -2.39. The van der Waals surface area contributed by atoms with Crippen LogP contribution in [0.5, 0.6) is 0 Å². The Labute approximate surface area is 116 Å². The third-order valence-corrected chi connectivity index (χ3v) is 4.78. The van der Waals surface area contributed by atoms with E-state index in [0.29, 0.717) is 6.04 Å². The highest BCUT2D eigenvalue weighted by atomic mass is 15.3. The van der Waals surface area contributed by atoms with E-state index in [0.717, 1.165) is 25.6 Å². The van der Waals surface area contributed by atoms with Gasteiger partial charge in [-0.3, -0.25) is 0 Å². The summed E-state index contributed by atoms with van der Waals surface area (Å²) in [5.74, 6) is 0.742. The van der Waals surface area contributed by atoms with Crippen molar-refractivity contribution in [1.29, 1.82) is 0 Å². The van der Waals surface area contributed by atoms with E-state index in [1.807, 2.05) is 0 Å². The van der Waals surface area contributed by atoms with Gasteiger partial charge in [0.25, 0.3) is 0 Å². The minimum atomic E-state index is 0.332. The van der Waals surface area contributed by atoms with Gasteiger partial charge in [-0.25, -0.2) is 0 Å². The molecule has 1 atom stereocenters. The summed E-state index contributed by atoms with van der Waals surface area (Å²) < 4.78 is 0. The van der Waals surface area contributed by atoms with Crippen LogP contribution in [0, 0.1) is 5.92 Å². The SMILES string of the molecule is CN1CCN(CC(N)C2CCCC2)c2ccccc21. The third kappa shape index (κ3) is 2.57. The highest BCUT2D eigenvalue weighted by Gasteiger charge is 2.26. The van der Waals surface area contributed by atoms with Crippen molar-refractivity contribution in [2.45, 2.75) is 31.7 Å². The quantitative estimate of drug-likeness (QED) is 0.905. The summed E-state index contributed by atoms with van der Waals surface area (Å²) in [6.45, 7) is 3.19. The molecule has 19 heavy (non-hydrogen) atoms. The Balaban J connectivity index is 1.73. The van der Waals surface area contributed by atoms with Gasteiger partial charge in [-0.1, -0.05) is 25.0 Å². The summed E-state index contributed by atoms with van der Waals surface area (Å²) in [7, 11) is 2.17. The average molecular weight is 259 g/mol. The zero-order valence-corrected chi connectivity index (χ0v) is 11.9. The lowest BCUT2D eigenvalue weighted by molar-refractivity contribution is 0.427. The van der Waals surface area contributed by atoms with Crippen molar-refractivity contribution in [3.05, 3.63) is 24.3 Å². The van der Waals surface area contributed by atoms with Crippen LogP contribution in [-0.4, -0.2) is 32.7 Å². The molecule has 0 radical (unpaired) electrons. The fraction of sp³-hybridized carbons (Fsp3) is 0.625. The second kappa shape index (κ2) is 5.41. The van der Waals surface area contributed by atoms with Crippen LogP contribution in [0.25, 0.3) is 0 Å². The summed E-state index contributed by atoms with van der Waals surface area (Å²) in [5, 5.41) is 0. The predicted octanol–water partition coefficient (Wildman–Crippen LogP) is 2.46. The number of hydrogen-bond donors (Lipinski definition) is 1. The molecule has 0 aromatic heterocycles. The van der Waals surface area contributed by atoms with Gasteiger partial charge in [-0.15, -0.1) is 0 Å². The maximum Gasteiger partial charge on any atom is 0.0605 e. The van der Waals surface area contributed by atoms with E-state index in [9.17, 15) is 0 Å². The van der Waals surface area contributed by atoms with Crippen LogP contribution in [0.1, 0.15) is 25.7 Å². The Morgan fingerprint density at radius 1 is 1.16 bits per heavy atom. The standard InChI is InChI=1S/C16H25N3/c1-18-10-11-19(16-9-5-4-8-15(16)18)12-14(17)13-6-2-3-7-13/h4-5,8-9,13-14H,2-3,6-7,10-12,17H2,1H3. The fourth-order valence-electron chi connectivity index (χ4n) is 3.54. The Morgan fingerprint density at radius 3 is 2.58 bits per heavy atom. The summed E-state index contributed by atoms with van der Waals surface area (Å²) in [5.41, 5.74) is 9.14. The number of anilines is 2. The minimum absolute atomic E-state index is 0.332. The van der Waals surface area contributed by atoms with Crippen LogP contribution in [-0.2, 0) is 0 Å². The van der Waals surface area contributed by atoms with Crippen LogP contribution in [0.15, 0.2) is 24.3 Å². The van der Waals surface area contributed by atoms with Gasteiger partial charge in [0.05, 0.1) is 11.4 Å². The van der Waals surface area contributed by atoms with E-state index in [-0.39, 0.29) is 0 Å². The molecule has 2 aliphatic rings. The van der Waals surface area contributed by atoms with Gasteiger partial charge < -0.3 is 15.5 Å². The average Bonchev–Trinajstić information content (AvgIpc) is 2.96. The van der Waals surface area contributed by atoms with Crippen molar-refractivity contribution < 1.29 is 0 Å². The molecule has 1 aliphatic carbocycles. The van der Waals surface area contributed by atoms with Crippen molar-refractivity contribution in [2.75, 3.05) is 36.5 Å². The number of rotatable bonds is 3. The Kier molecular flexibility index (Phi) is 3.65. The van der Waals surface area contributed by atoms with Gasteiger partial charge in [0.1, 0.15) is 0 Å². The van der Waals surface area contributed by atoms with Gasteiger partial charge in [0, 0.05) is 32.7 Å². The van der Waals surface area contributed by atoms with E-state index >= 15 is 0 Å². The van der Waals surface area contributed by atoms with Crippen LogP contribution >= 0.6 is 0 Å². The molecule has 104 valence electrons. The largest absolute Gasteiger partial charge is 0.371 e. The van der Waals surface area contributed by atoms with Gasteiger partial charge in [-0.2, -0.15) is 0 Å². The van der Waals surface area contributed by atoms with Crippen molar-refractivity contribution in [1.82, 2.24) is 0 Å². The first kappa shape index (κ1) is 12.8. The molecule has 1 aromatic carbocycles. The van der Waals surface area contributed by atoms with Gasteiger partial charge in [-0.05, 0) is 30.9 Å². The van der Waals surface area contributed by atoms with E-state index < -0.39 is 0 Å². The van der Waals surface area contributed by atoms with E-state index in [4.69, 9.17) is 5.73 Å². The second-order valence-electron chi connectivity index (χ2n) is 6.06. The first-order valence-electron chi connectivity index (χ1n) is 7.56. The summed E-state index contributed by atoms with van der Waals surface area (Å²) >= 11 is 0. The molecule has 0 saturated heterocycles. The molecule has 3 nitrogen and oxygen atoms in total. The normalized spacial score (nSPS) is 21.6. The highest BCUT2D eigenvalue weighted by Crippen LogP contribution is 2.33. The molecular weight excluding hydrogens is 234 g/mol. The zero-order valence-electron chi connectivity index (χ0n) is 11.9. The van der Waals surface area contributed by atoms with E-state index in [2.05, 4.69) is 41.1 Å². The number of likely N-dealkylation sites (N-methyl/N-ethyl adjacent to an activating group) is 1. The van der Waals surface area contributed by atoms with Crippen LogP contribution in [0.2, 0.25) is 0 Å². The summed E-state index contributed by atoms with van der Waals surface area (Å²) in [4.78, 5) is 4.82. The third-order valence-electron chi connectivity index (χ3n) is 4.78. The fourth-order valence-corrected chi connectivity index (χ4v) is 3.54. The molecule has 1 aromatic rings. The first-order chi connectivity index (χ1) is 9.25. The van der Waals surface area contributed by atoms with Gasteiger partial charge in [0.2, 0.25) is 0 Å². The topological polar surface area (TPSA) is 32.5 Å². The number of para-hydroxylation sites is 2. The van der Waals surface area contributed by atoms with Crippen molar-refractivity contribution in [3.63, 3.8) is 0 Å². The maximum atomic E-state index is 6.45. The highest BCUT2D eigenvalue weighted by molar-refractivity contribution is 5.73. The maximum absolute atomic E-state index is 6.45. The lowest BCUT2D eigenvalue weighted by Crippen LogP contribution is -2.47. The molecule has 3 heteroatoms. The summed E-state index contributed by atoms with van der Waals surface area (Å²) in [6, 6.07) is 9.02. The Bertz CT molecular complexity index is 426. The molecule has 1 unspecified atom stereocenters. The number of fused-ring (bicyclic) bond motifs is 1. The van der Waals surface area contributed by atoms with E-state index in [1.165, 1.54) is 37.1 Å². The Hall–Kier alpha value is -1.22. The molecule has 2 N–H and O–H groups in total. The monoisotopic (exact) mass is 259 g/mol. The lowest BCUT2D eigenvalue weighted by atomic mass is 9.98. The number of hydrogen-bond acceptors (Lipinski definition) is 3. The van der Waals surface area contributed by atoms with Crippen LogP contribution in [0.4, 0.5) is 11.4 Å². The zero-order chi connectivity index (χ0) is 13.2. The molecule has 1 fully saturated rings. The van der Waals surface area contributed by atoms with Crippen LogP contribution < -0.4 is 15.5 Å². The molecule has 0 bridgehead atoms. The number of nitrogens with two attached hydrogens (primary N) is 1. The second-order valence-corrected chi connectivity index (χ2v) is 6.06. The molecular formula is C16H25N3. The molecule has 1 aliphatic heterocycles. The van der Waals surface area contributed by atoms with Crippen molar-refractivity contribution in [3.8, 4) is 0 Å². The van der Waals surface area contributed by atoms with Crippen molar-refractivity contribution in [2.24, 2.45) is 11.7 Å². The van der Waals surface area contributed by atoms with Gasteiger partial charge >= 0.3 is 0 Å². The van der Waals surface area contributed by atoms with Crippen molar-refractivity contribution >= 4 is 11.4 Å². The molecule has 1 saturated carbocycles. The van der Waals surface area contributed by atoms with E-state index in [1.54, 1.807) is 0 Å². The Morgan fingerprint density at radius 2 is 1.84 bits per heavy atom. The molecule has 0 amide bonds. The molecule has 1 heterocycles. The van der Waals surface area contributed by atoms with Gasteiger partial charge in [0.15, 0.2) is 0 Å². The predicted molar refractivity (Wildman–Crippen MR) is 81.9 cm³/mol. The molecule has 3 rings (SSSR count). The number of benzene rings is 1. The first-order valence-corrected chi connectivity index (χ1v) is 7.56. The smallest absolute Gasteiger partial charge is 0.0605 e. The summed E-state index contributed by atoms with van der Waals surface area (Å²) in [6.07, 6.45) is 5.41. The number of nitrogens with zero attached hydrogens (tertiary/aromatic N) is 2. The molecule has 0 spiro atoms. The minimum Gasteiger partial charge on any atom is -0.371 e.